The van der Waals surface area contributed by atoms with Crippen LogP contribution in [0.1, 0.15) is 19.3 Å². The van der Waals surface area contributed by atoms with Crippen molar-refractivity contribution in [1.29, 1.82) is 0 Å². The largest absolute Gasteiger partial charge is 0.481 e. The third kappa shape index (κ3) is 2.48. The molecule has 3 heterocycles. The summed E-state index contributed by atoms with van der Waals surface area (Å²) in [6.07, 6.45) is 3.39. The number of aromatic nitrogens is 1. The third-order valence-corrected chi connectivity index (χ3v) is 7.11. The molecular formula is C15H19N3O5S. The summed E-state index contributed by atoms with van der Waals surface area (Å²) in [6.45, 7) is 0.358. The lowest BCUT2D eigenvalue weighted by Crippen LogP contribution is -2.56. The number of carbonyl (C=O) groups is 2. The van der Waals surface area contributed by atoms with Crippen LogP contribution in [0.5, 0.6) is 0 Å². The van der Waals surface area contributed by atoms with Gasteiger partial charge in [-0.1, -0.05) is 0 Å². The van der Waals surface area contributed by atoms with E-state index in [0.717, 1.165) is 0 Å². The van der Waals surface area contributed by atoms with E-state index in [9.17, 15) is 23.1 Å². The highest BCUT2D eigenvalue weighted by Gasteiger charge is 2.56. The van der Waals surface area contributed by atoms with E-state index in [2.05, 4.69) is 4.98 Å². The van der Waals surface area contributed by atoms with Crippen molar-refractivity contribution in [2.24, 2.45) is 5.92 Å². The van der Waals surface area contributed by atoms with Crippen LogP contribution >= 0.6 is 0 Å². The monoisotopic (exact) mass is 353 g/mol. The summed E-state index contributed by atoms with van der Waals surface area (Å²) in [5, 5.41) is 9.45. The number of carboxylic acid groups (broad SMARTS) is 1. The summed E-state index contributed by atoms with van der Waals surface area (Å²) in [7, 11) is -2.05. The molecule has 3 rings (SSSR count). The molecule has 24 heavy (non-hydrogen) atoms. The van der Waals surface area contributed by atoms with E-state index in [0.29, 0.717) is 12.8 Å². The van der Waals surface area contributed by atoms with E-state index in [1.165, 1.54) is 27.7 Å². The van der Waals surface area contributed by atoms with Crippen LogP contribution < -0.4 is 0 Å². The molecule has 0 bridgehead atoms. The predicted octanol–water partition coefficient (Wildman–Crippen LogP) is 0.168. The first-order chi connectivity index (χ1) is 11.3. The molecular weight excluding hydrogens is 334 g/mol. The van der Waals surface area contributed by atoms with Crippen LogP contribution in [0.4, 0.5) is 0 Å². The Labute approximate surface area is 140 Å². The summed E-state index contributed by atoms with van der Waals surface area (Å²) >= 11 is 0. The molecule has 2 fully saturated rings. The van der Waals surface area contributed by atoms with Gasteiger partial charge < -0.3 is 10.0 Å². The van der Waals surface area contributed by atoms with E-state index >= 15 is 0 Å². The second kappa shape index (κ2) is 5.82. The number of sulfonamides is 1. The number of pyridine rings is 1. The number of carboxylic acids is 1. The Morgan fingerprint density at radius 1 is 1.38 bits per heavy atom. The fourth-order valence-electron chi connectivity index (χ4n) is 3.75. The van der Waals surface area contributed by atoms with Gasteiger partial charge in [-0.2, -0.15) is 4.31 Å². The van der Waals surface area contributed by atoms with Crippen molar-refractivity contribution in [3.63, 3.8) is 0 Å². The van der Waals surface area contributed by atoms with Crippen LogP contribution in [0.2, 0.25) is 0 Å². The van der Waals surface area contributed by atoms with Gasteiger partial charge in [-0.05, 0) is 25.0 Å². The van der Waals surface area contributed by atoms with Crippen molar-refractivity contribution in [3.05, 3.63) is 24.5 Å². The summed E-state index contributed by atoms with van der Waals surface area (Å²) in [6, 6.07) is 3.04. The lowest BCUT2D eigenvalue weighted by atomic mass is 9.77. The Kier molecular flexibility index (Phi) is 4.08. The molecule has 2 saturated heterocycles. The minimum Gasteiger partial charge on any atom is -0.481 e. The molecule has 0 aromatic carbocycles. The van der Waals surface area contributed by atoms with Crippen LogP contribution in [0, 0.1) is 5.92 Å². The molecule has 0 radical (unpaired) electrons. The van der Waals surface area contributed by atoms with Gasteiger partial charge in [0.2, 0.25) is 15.9 Å². The maximum atomic E-state index is 12.6. The Hall–Kier alpha value is -2.00. The van der Waals surface area contributed by atoms with E-state index in [4.69, 9.17) is 0 Å². The highest BCUT2D eigenvalue weighted by molar-refractivity contribution is 7.89. The van der Waals surface area contributed by atoms with Crippen molar-refractivity contribution in [3.8, 4) is 0 Å². The molecule has 1 spiro atoms. The van der Waals surface area contributed by atoms with Gasteiger partial charge in [0.1, 0.15) is 4.90 Å². The Balaban J connectivity index is 1.83. The van der Waals surface area contributed by atoms with Crippen LogP contribution in [0.3, 0.4) is 0 Å². The van der Waals surface area contributed by atoms with Crippen molar-refractivity contribution in [2.45, 2.75) is 29.7 Å². The maximum absolute atomic E-state index is 12.6. The standard InChI is InChI=1S/C15H19N3O5S/c1-17-13(19)9-12(14(20)21)15(17)4-7-18(8-5-15)24(22,23)11-3-2-6-16-10-11/h2-3,6,10,12H,4-5,7-9H2,1H3,(H,20,21)/t12-/m0/s1. The average Bonchev–Trinajstić information content (AvgIpc) is 2.81. The maximum Gasteiger partial charge on any atom is 0.309 e. The topological polar surface area (TPSA) is 108 Å². The van der Waals surface area contributed by atoms with E-state index in [1.54, 1.807) is 13.1 Å². The summed E-state index contributed by atoms with van der Waals surface area (Å²) < 4.78 is 26.6. The van der Waals surface area contributed by atoms with Crippen molar-refractivity contribution >= 4 is 21.9 Å². The van der Waals surface area contributed by atoms with Crippen molar-refractivity contribution in [1.82, 2.24) is 14.2 Å². The highest BCUT2D eigenvalue weighted by atomic mass is 32.2. The van der Waals surface area contributed by atoms with Crippen molar-refractivity contribution in [2.75, 3.05) is 20.1 Å². The number of hydrogen-bond acceptors (Lipinski definition) is 5. The molecule has 1 aromatic rings. The molecule has 130 valence electrons. The molecule has 0 saturated carbocycles. The van der Waals surface area contributed by atoms with E-state index < -0.39 is 27.4 Å². The minimum atomic E-state index is -3.66. The summed E-state index contributed by atoms with van der Waals surface area (Å²) in [5.74, 6) is -2.00. The SMILES string of the molecule is CN1C(=O)C[C@@H](C(=O)O)C12CCN(S(=O)(=O)c1cccnc1)CC2. The Morgan fingerprint density at radius 3 is 2.58 bits per heavy atom. The number of rotatable bonds is 3. The molecule has 8 nitrogen and oxygen atoms in total. The van der Waals surface area contributed by atoms with Gasteiger partial charge in [-0.3, -0.25) is 14.6 Å². The van der Waals surface area contributed by atoms with Gasteiger partial charge in [-0.15, -0.1) is 0 Å². The molecule has 1 aromatic heterocycles. The second-order valence-corrected chi connectivity index (χ2v) is 8.18. The zero-order valence-electron chi connectivity index (χ0n) is 13.3. The molecule has 1 amide bonds. The lowest BCUT2D eigenvalue weighted by molar-refractivity contribution is -0.145. The third-order valence-electron chi connectivity index (χ3n) is 5.23. The van der Waals surface area contributed by atoms with Gasteiger partial charge in [0.25, 0.3) is 0 Å². The smallest absolute Gasteiger partial charge is 0.309 e. The van der Waals surface area contributed by atoms with Crippen LogP contribution in [-0.2, 0) is 19.6 Å². The quantitative estimate of drug-likeness (QED) is 0.830. The minimum absolute atomic E-state index is 0.0266. The van der Waals surface area contributed by atoms with Gasteiger partial charge in [-0.25, -0.2) is 8.42 Å². The Morgan fingerprint density at radius 2 is 2.04 bits per heavy atom. The zero-order valence-corrected chi connectivity index (χ0v) is 14.1. The molecule has 1 atom stereocenters. The highest BCUT2D eigenvalue weighted by Crippen LogP contribution is 2.43. The molecule has 2 aliphatic rings. The number of aliphatic carboxylic acids is 1. The van der Waals surface area contributed by atoms with Crippen molar-refractivity contribution < 1.29 is 23.1 Å². The fraction of sp³-hybridized carbons (Fsp3) is 0.533. The van der Waals surface area contributed by atoms with Crippen LogP contribution in [0.25, 0.3) is 0 Å². The second-order valence-electron chi connectivity index (χ2n) is 6.24. The lowest BCUT2D eigenvalue weighted by Gasteiger charge is -2.44. The first-order valence-corrected chi connectivity index (χ1v) is 9.13. The zero-order chi connectivity index (χ0) is 17.5. The summed E-state index contributed by atoms with van der Waals surface area (Å²) in [4.78, 5) is 29.0. The number of amides is 1. The number of nitrogens with zero attached hydrogens (tertiary/aromatic N) is 3. The normalized spacial score (nSPS) is 24.5. The molecule has 9 heteroatoms. The van der Waals surface area contributed by atoms with Crippen LogP contribution in [0.15, 0.2) is 29.4 Å². The number of hydrogen-bond donors (Lipinski definition) is 1. The predicted molar refractivity (Wildman–Crippen MR) is 83.5 cm³/mol. The summed E-state index contributed by atoms with van der Waals surface area (Å²) in [5.41, 5.74) is -0.802. The van der Waals surface area contributed by atoms with Gasteiger partial charge in [0, 0.05) is 39.0 Å². The van der Waals surface area contributed by atoms with Gasteiger partial charge in [0.15, 0.2) is 0 Å². The molecule has 0 unspecified atom stereocenters. The van der Waals surface area contributed by atoms with Crippen LogP contribution in [-0.4, -0.2) is 65.3 Å². The first kappa shape index (κ1) is 16.8. The van der Waals surface area contributed by atoms with E-state index in [1.807, 2.05) is 0 Å². The van der Waals surface area contributed by atoms with E-state index in [-0.39, 0.29) is 30.3 Å². The number of piperidine rings is 1. The molecule has 2 aliphatic heterocycles. The number of carbonyl (C=O) groups excluding carboxylic acids is 1. The number of likely N-dealkylation sites (tertiary alicyclic amines) is 1. The fourth-order valence-corrected chi connectivity index (χ4v) is 5.15. The first-order valence-electron chi connectivity index (χ1n) is 7.69. The average molecular weight is 353 g/mol. The Bertz CT molecular complexity index is 757. The molecule has 0 aliphatic carbocycles. The molecule has 1 N–H and O–H groups in total. The van der Waals surface area contributed by atoms with Gasteiger partial charge in [0.05, 0.1) is 11.5 Å². The van der Waals surface area contributed by atoms with Gasteiger partial charge >= 0.3 is 5.97 Å².